The van der Waals surface area contributed by atoms with Gasteiger partial charge in [0, 0.05) is 19.5 Å². The minimum atomic E-state index is -0.789. The third-order valence-electron chi connectivity index (χ3n) is 4.57. The minimum Gasteiger partial charge on any atom is -0.481 e. The zero-order chi connectivity index (χ0) is 16.0. The van der Waals surface area contributed by atoms with Crippen LogP contribution in [0.1, 0.15) is 52.9 Å². The Hall–Kier alpha value is -1.10. The number of carbonyl (C=O) groups excluding carboxylic acids is 1. The predicted molar refractivity (Wildman–Crippen MR) is 82.8 cm³/mol. The largest absolute Gasteiger partial charge is 0.481 e. The van der Waals surface area contributed by atoms with Crippen molar-refractivity contribution >= 4 is 11.9 Å². The van der Waals surface area contributed by atoms with E-state index < -0.39 is 11.9 Å². The van der Waals surface area contributed by atoms with E-state index in [2.05, 4.69) is 20.8 Å². The van der Waals surface area contributed by atoms with Gasteiger partial charge in [-0.3, -0.25) is 9.59 Å². The van der Waals surface area contributed by atoms with Gasteiger partial charge >= 0.3 is 5.97 Å². The highest BCUT2D eigenvalue weighted by Gasteiger charge is 2.29. The van der Waals surface area contributed by atoms with Crippen LogP contribution >= 0.6 is 0 Å². The highest BCUT2D eigenvalue weighted by atomic mass is 16.4. The molecule has 21 heavy (non-hydrogen) atoms. The Kier molecular flexibility index (Phi) is 6.65. The molecule has 0 spiro atoms. The molecule has 0 bridgehead atoms. The van der Waals surface area contributed by atoms with Crippen LogP contribution in [0, 0.1) is 17.3 Å². The summed E-state index contributed by atoms with van der Waals surface area (Å²) in [4.78, 5) is 25.1. The Morgan fingerprint density at radius 1 is 1.33 bits per heavy atom. The number of carboxylic acid groups (broad SMARTS) is 1. The normalized spacial score (nSPS) is 21.1. The van der Waals surface area contributed by atoms with E-state index in [1.807, 2.05) is 0 Å². The zero-order valence-electron chi connectivity index (χ0n) is 13.6. The lowest BCUT2D eigenvalue weighted by atomic mass is 9.76. The molecule has 0 radical (unpaired) electrons. The van der Waals surface area contributed by atoms with Crippen molar-refractivity contribution in [3.05, 3.63) is 0 Å². The van der Waals surface area contributed by atoms with Gasteiger partial charge in [-0.1, -0.05) is 20.8 Å². The summed E-state index contributed by atoms with van der Waals surface area (Å²) in [5.74, 6) is -0.674. The minimum absolute atomic E-state index is 0.0900. The van der Waals surface area contributed by atoms with E-state index in [-0.39, 0.29) is 11.3 Å². The van der Waals surface area contributed by atoms with E-state index in [0.29, 0.717) is 38.4 Å². The van der Waals surface area contributed by atoms with Gasteiger partial charge in [-0.2, -0.15) is 0 Å². The molecule has 1 saturated heterocycles. The molecular weight excluding hydrogens is 268 g/mol. The quantitative estimate of drug-likeness (QED) is 0.786. The summed E-state index contributed by atoms with van der Waals surface area (Å²) in [7, 11) is 0. The number of aliphatic carboxylic acids is 1. The summed E-state index contributed by atoms with van der Waals surface area (Å²) in [6.07, 6.45) is 3.71. The van der Waals surface area contributed by atoms with E-state index in [9.17, 15) is 9.59 Å². The molecular formula is C16H30N2O3. The SMILES string of the molecule is CC(C)(C)C(CCN)CCC(=O)N1CCCC(C(=O)O)C1. The first-order valence-corrected chi connectivity index (χ1v) is 7.96. The van der Waals surface area contributed by atoms with Crippen LogP contribution in [0.2, 0.25) is 0 Å². The van der Waals surface area contributed by atoms with Crippen LogP contribution in [0.3, 0.4) is 0 Å². The van der Waals surface area contributed by atoms with Crippen LogP contribution in [-0.4, -0.2) is 41.5 Å². The van der Waals surface area contributed by atoms with E-state index in [1.165, 1.54) is 0 Å². The predicted octanol–water partition coefficient (Wildman–Crippen LogP) is 2.10. The lowest BCUT2D eigenvalue weighted by molar-refractivity contribution is -0.145. The van der Waals surface area contributed by atoms with Crippen molar-refractivity contribution in [2.45, 2.75) is 52.9 Å². The van der Waals surface area contributed by atoms with Crippen molar-refractivity contribution in [1.29, 1.82) is 0 Å². The smallest absolute Gasteiger partial charge is 0.308 e. The lowest BCUT2D eigenvalue weighted by Gasteiger charge is -2.33. The molecule has 2 unspecified atom stereocenters. The molecule has 0 aromatic carbocycles. The summed E-state index contributed by atoms with van der Waals surface area (Å²) >= 11 is 0. The Morgan fingerprint density at radius 2 is 2.00 bits per heavy atom. The van der Waals surface area contributed by atoms with Crippen LogP contribution in [0.25, 0.3) is 0 Å². The molecule has 1 rings (SSSR count). The van der Waals surface area contributed by atoms with Gasteiger partial charge in [-0.25, -0.2) is 0 Å². The highest BCUT2D eigenvalue weighted by molar-refractivity contribution is 5.78. The van der Waals surface area contributed by atoms with Gasteiger partial charge in [0.1, 0.15) is 0 Å². The maximum absolute atomic E-state index is 12.3. The number of rotatable bonds is 6. The Morgan fingerprint density at radius 3 is 2.52 bits per heavy atom. The van der Waals surface area contributed by atoms with Crippen molar-refractivity contribution in [1.82, 2.24) is 4.90 Å². The number of piperidine rings is 1. The van der Waals surface area contributed by atoms with Gasteiger partial charge in [-0.15, -0.1) is 0 Å². The van der Waals surface area contributed by atoms with Crippen LogP contribution in [-0.2, 0) is 9.59 Å². The van der Waals surface area contributed by atoms with Gasteiger partial charge in [0.05, 0.1) is 5.92 Å². The first-order chi connectivity index (χ1) is 9.75. The van der Waals surface area contributed by atoms with Gasteiger partial charge in [0.2, 0.25) is 5.91 Å². The second kappa shape index (κ2) is 7.78. The molecule has 0 aromatic heterocycles. The highest BCUT2D eigenvalue weighted by Crippen LogP contribution is 2.32. The molecule has 0 saturated carbocycles. The number of nitrogens with two attached hydrogens (primary N) is 1. The van der Waals surface area contributed by atoms with Gasteiger partial charge in [-0.05, 0) is 43.6 Å². The molecule has 1 heterocycles. The molecule has 122 valence electrons. The topological polar surface area (TPSA) is 83.6 Å². The fourth-order valence-electron chi connectivity index (χ4n) is 3.07. The van der Waals surface area contributed by atoms with E-state index in [1.54, 1.807) is 4.90 Å². The van der Waals surface area contributed by atoms with E-state index >= 15 is 0 Å². The number of hydrogen-bond donors (Lipinski definition) is 2. The summed E-state index contributed by atoms with van der Waals surface area (Å²) in [6, 6.07) is 0. The summed E-state index contributed by atoms with van der Waals surface area (Å²) < 4.78 is 0. The molecule has 2 atom stereocenters. The van der Waals surface area contributed by atoms with Gasteiger partial charge in [0.25, 0.3) is 0 Å². The molecule has 1 fully saturated rings. The standard InChI is InChI=1S/C16H30N2O3/c1-16(2,3)13(8-9-17)6-7-14(19)18-10-4-5-12(11-18)15(20)21/h12-13H,4-11,17H2,1-3H3,(H,20,21). The molecule has 3 N–H and O–H groups in total. The molecule has 0 aromatic rings. The molecule has 1 aliphatic heterocycles. The van der Waals surface area contributed by atoms with Crippen molar-refractivity contribution in [3.63, 3.8) is 0 Å². The maximum atomic E-state index is 12.3. The first kappa shape index (κ1) is 18.0. The molecule has 5 nitrogen and oxygen atoms in total. The van der Waals surface area contributed by atoms with Crippen LogP contribution in [0.15, 0.2) is 0 Å². The Labute approximate surface area is 127 Å². The van der Waals surface area contributed by atoms with Crippen LogP contribution in [0.5, 0.6) is 0 Å². The molecule has 0 aliphatic carbocycles. The fraction of sp³-hybridized carbons (Fsp3) is 0.875. The van der Waals surface area contributed by atoms with Gasteiger partial charge in [0.15, 0.2) is 0 Å². The summed E-state index contributed by atoms with van der Waals surface area (Å²) in [5.41, 5.74) is 5.81. The molecule has 1 amide bonds. The average molecular weight is 298 g/mol. The average Bonchev–Trinajstić information content (AvgIpc) is 2.42. The van der Waals surface area contributed by atoms with Gasteiger partial charge < -0.3 is 15.7 Å². The number of likely N-dealkylation sites (tertiary alicyclic amines) is 1. The number of hydrogen-bond acceptors (Lipinski definition) is 3. The van der Waals surface area contributed by atoms with E-state index in [0.717, 1.165) is 19.3 Å². The van der Waals surface area contributed by atoms with Crippen molar-refractivity contribution < 1.29 is 14.7 Å². The maximum Gasteiger partial charge on any atom is 0.308 e. The van der Waals surface area contributed by atoms with Crippen LogP contribution in [0.4, 0.5) is 0 Å². The van der Waals surface area contributed by atoms with Crippen molar-refractivity contribution in [3.8, 4) is 0 Å². The Bertz CT molecular complexity index is 363. The third kappa shape index (κ3) is 5.65. The fourth-order valence-corrected chi connectivity index (χ4v) is 3.07. The van der Waals surface area contributed by atoms with E-state index in [4.69, 9.17) is 10.8 Å². The number of carboxylic acids is 1. The summed E-state index contributed by atoms with van der Waals surface area (Å²) in [5, 5.41) is 9.08. The second-order valence-electron chi connectivity index (χ2n) is 7.20. The monoisotopic (exact) mass is 298 g/mol. The third-order valence-corrected chi connectivity index (χ3v) is 4.57. The molecule has 5 heteroatoms. The Balaban J connectivity index is 2.50. The van der Waals surface area contributed by atoms with Crippen LogP contribution < -0.4 is 5.73 Å². The number of carbonyl (C=O) groups is 2. The lowest BCUT2D eigenvalue weighted by Crippen LogP contribution is -2.42. The number of amides is 1. The molecule has 1 aliphatic rings. The summed E-state index contributed by atoms with van der Waals surface area (Å²) in [6.45, 7) is 8.24. The second-order valence-corrected chi connectivity index (χ2v) is 7.20. The first-order valence-electron chi connectivity index (χ1n) is 7.96. The zero-order valence-corrected chi connectivity index (χ0v) is 13.6. The number of nitrogens with zero attached hydrogens (tertiary/aromatic N) is 1. The van der Waals surface area contributed by atoms with Crippen molar-refractivity contribution in [2.75, 3.05) is 19.6 Å². The van der Waals surface area contributed by atoms with Crippen molar-refractivity contribution in [2.24, 2.45) is 23.0 Å².